The van der Waals surface area contributed by atoms with Crippen LogP contribution < -0.4 is 10.0 Å². The summed E-state index contributed by atoms with van der Waals surface area (Å²) in [7, 11) is -3.35. The van der Waals surface area contributed by atoms with Crippen molar-refractivity contribution in [3.05, 3.63) is 29.6 Å². The van der Waals surface area contributed by atoms with Crippen LogP contribution in [0, 0.1) is 11.8 Å². The van der Waals surface area contributed by atoms with Gasteiger partial charge in [-0.1, -0.05) is 0 Å². The van der Waals surface area contributed by atoms with Crippen LogP contribution in [0.25, 0.3) is 0 Å². The summed E-state index contributed by atoms with van der Waals surface area (Å²) in [5.41, 5.74) is -0.484. The fourth-order valence-corrected chi connectivity index (χ4v) is 1.57. The fraction of sp³-hybridized carbons (Fsp3) is 0.333. The largest absolute Gasteiger partial charge is 0.351 e. The Labute approximate surface area is 102 Å². The third kappa shape index (κ3) is 4.34. The molecule has 0 fully saturated rings. The first kappa shape index (κ1) is 14.5. The van der Waals surface area contributed by atoms with E-state index in [9.17, 15) is 22.0 Å². The van der Waals surface area contributed by atoms with Crippen molar-refractivity contribution >= 4 is 15.9 Å². The molecule has 1 amide bonds. The summed E-state index contributed by atoms with van der Waals surface area (Å²) >= 11 is 0. The quantitative estimate of drug-likeness (QED) is 0.569. The minimum Gasteiger partial charge on any atom is -0.351 e. The molecule has 1 aromatic rings. The molecule has 100 valence electrons. The number of aromatic nitrogens is 1. The number of sulfonamides is 1. The van der Waals surface area contributed by atoms with Gasteiger partial charge >= 0.3 is 0 Å². The molecular formula is C9H11F2N3O3S. The monoisotopic (exact) mass is 279 g/mol. The van der Waals surface area contributed by atoms with E-state index in [-0.39, 0.29) is 13.1 Å². The number of hydrogen-bond donors (Lipinski definition) is 2. The summed E-state index contributed by atoms with van der Waals surface area (Å²) in [5.74, 6) is -3.55. The Morgan fingerprint density at radius 2 is 2.06 bits per heavy atom. The van der Waals surface area contributed by atoms with Crippen molar-refractivity contribution in [3.8, 4) is 0 Å². The molecule has 0 saturated heterocycles. The van der Waals surface area contributed by atoms with Gasteiger partial charge in [0.15, 0.2) is 5.82 Å². The van der Waals surface area contributed by atoms with Crippen molar-refractivity contribution in [3.63, 3.8) is 0 Å². The van der Waals surface area contributed by atoms with E-state index in [0.717, 1.165) is 18.5 Å². The van der Waals surface area contributed by atoms with Crippen molar-refractivity contribution in [1.82, 2.24) is 15.0 Å². The minimum absolute atomic E-state index is 0.0419. The van der Waals surface area contributed by atoms with Crippen LogP contribution in [-0.4, -0.2) is 38.7 Å². The highest BCUT2D eigenvalue weighted by molar-refractivity contribution is 7.88. The number of halogens is 2. The first-order chi connectivity index (χ1) is 8.31. The number of nitrogens with one attached hydrogen (secondary N) is 2. The molecule has 18 heavy (non-hydrogen) atoms. The molecule has 1 heterocycles. The van der Waals surface area contributed by atoms with Crippen LogP contribution in [0.15, 0.2) is 12.3 Å². The van der Waals surface area contributed by atoms with Gasteiger partial charge in [0, 0.05) is 19.3 Å². The maximum absolute atomic E-state index is 13.1. The van der Waals surface area contributed by atoms with Gasteiger partial charge in [0.05, 0.1) is 11.8 Å². The summed E-state index contributed by atoms with van der Waals surface area (Å²) in [6.45, 7) is -0.0883. The van der Waals surface area contributed by atoms with Crippen molar-refractivity contribution < 1.29 is 22.0 Å². The lowest BCUT2D eigenvalue weighted by Gasteiger charge is -2.06. The zero-order chi connectivity index (χ0) is 13.8. The van der Waals surface area contributed by atoms with Crippen LogP contribution in [-0.2, 0) is 10.0 Å². The Balaban J connectivity index is 2.54. The summed E-state index contributed by atoms with van der Waals surface area (Å²) in [6, 6.07) is 1.03. The molecule has 0 saturated carbocycles. The van der Waals surface area contributed by atoms with Gasteiger partial charge in [-0.25, -0.2) is 22.5 Å². The van der Waals surface area contributed by atoms with Crippen LogP contribution in [0.5, 0.6) is 0 Å². The normalized spacial score (nSPS) is 11.3. The van der Waals surface area contributed by atoms with E-state index in [4.69, 9.17) is 0 Å². The number of rotatable bonds is 5. The molecule has 0 radical (unpaired) electrons. The van der Waals surface area contributed by atoms with Gasteiger partial charge in [-0.3, -0.25) is 4.79 Å². The second-order valence-corrected chi connectivity index (χ2v) is 5.22. The molecule has 1 rings (SSSR count). The fourth-order valence-electron chi connectivity index (χ4n) is 1.10. The Morgan fingerprint density at radius 1 is 1.39 bits per heavy atom. The molecule has 6 nitrogen and oxygen atoms in total. The third-order valence-corrected chi connectivity index (χ3v) is 2.59. The second-order valence-electron chi connectivity index (χ2n) is 3.39. The Kier molecular flexibility index (Phi) is 4.68. The molecule has 0 aliphatic rings. The van der Waals surface area contributed by atoms with E-state index < -0.39 is 33.3 Å². The third-order valence-electron chi connectivity index (χ3n) is 1.87. The van der Waals surface area contributed by atoms with Gasteiger partial charge in [-0.05, 0) is 6.07 Å². The smallest absolute Gasteiger partial charge is 0.254 e. The van der Waals surface area contributed by atoms with Crippen LogP contribution in [0.2, 0.25) is 0 Å². The van der Waals surface area contributed by atoms with Gasteiger partial charge in [-0.15, -0.1) is 0 Å². The van der Waals surface area contributed by atoms with Crippen molar-refractivity contribution in [2.45, 2.75) is 0 Å². The molecule has 1 aromatic heterocycles. The zero-order valence-corrected chi connectivity index (χ0v) is 10.2. The maximum Gasteiger partial charge on any atom is 0.254 e. The number of nitrogens with zero attached hydrogens (tertiary/aromatic N) is 1. The Hall–Kier alpha value is -1.61. The van der Waals surface area contributed by atoms with Crippen molar-refractivity contribution in [2.24, 2.45) is 0 Å². The lowest BCUT2D eigenvalue weighted by molar-refractivity contribution is 0.0949. The van der Waals surface area contributed by atoms with Gasteiger partial charge in [0.1, 0.15) is 0 Å². The van der Waals surface area contributed by atoms with E-state index in [1.165, 1.54) is 0 Å². The van der Waals surface area contributed by atoms with Gasteiger partial charge in [0.25, 0.3) is 5.91 Å². The van der Waals surface area contributed by atoms with Gasteiger partial charge in [0.2, 0.25) is 16.0 Å². The Morgan fingerprint density at radius 3 is 2.67 bits per heavy atom. The Bertz CT molecular complexity index is 548. The van der Waals surface area contributed by atoms with Crippen LogP contribution in [0.3, 0.4) is 0 Å². The number of hydrogen-bond acceptors (Lipinski definition) is 4. The standard InChI is InChI=1S/C9H11F2N3O3S/c1-18(16,17)14-5-4-13-9(15)6-2-3-12-8(11)7(6)10/h2-3,14H,4-5H2,1H3,(H,13,15). The molecule has 0 atom stereocenters. The lowest BCUT2D eigenvalue weighted by atomic mass is 10.2. The van der Waals surface area contributed by atoms with E-state index in [1.54, 1.807) is 0 Å². The molecule has 0 aromatic carbocycles. The highest BCUT2D eigenvalue weighted by Crippen LogP contribution is 2.08. The summed E-state index contributed by atoms with van der Waals surface area (Å²) in [5, 5.41) is 2.24. The molecule has 0 aliphatic carbocycles. The SMILES string of the molecule is CS(=O)(=O)NCCNC(=O)c1ccnc(F)c1F. The van der Waals surface area contributed by atoms with Crippen LogP contribution in [0.1, 0.15) is 10.4 Å². The van der Waals surface area contributed by atoms with Crippen molar-refractivity contribution in [2.75, 3.05) is 19.3 Å². The highest BCUT2D eigenvalue weighted by Gasteiger charge is 2.15. The number of carbonyl (C=O) groups excluding carboxylic acids is 1. The predicted octanol–water partition coefficient (Wildman–Crippen LogP) is -0.361. The number of amides is 1. The van der Waals surface area contributed by atoms with E-state index in [1.807, 2.05) is 0 Å². The zero-order valence-electron chi connectivity index (χ0n) is 9.41. The minimum atomic E-state index is -3.35. The summed E-state index contributed by atoms with van der Waals surface area (Å²) in [6.07, 6.45) is 1.93. The molecule has 2 N–H and O–H groups in total. The molecule has 0 aliphatic heterocycles. The summed E-state index contributed by atoms with van der Waals surface area (Å²) in [4.78, 5) is 14.5. The first-order valence-electron chi connectivity index (χ1n) is 4.84. The molecule has 0 unspecified atom stereocenters. The topological polar surface area (TPSA) is 88.2 Å². The summed E-state index contributed by atoms with van der Waals surface area (Å²) < 4.78 is 49.4. The first-order valence-corrected chi connectivity index (χ1v) is 6.73. The average molecular weight is 279 g/mol. The van der Waals surface area contributed by atoms with Crippen LogP contribution >= 0.6 is 0 Å². The van der Waals surface area contributed by atoms with Gasteiger partial charge < -0.3 is 5.32 Å². The predicted molar refractivity (Wildman–Crippen MR) is 59.3 cm³/mol. The molecular weight excluding hydrogens is 268 g/mol. The van der Waals surface area contributed by atoms with E-state index in [0.29, 0.717) is 0 Å². The maximum atomic E-state index is 13.1. The molecule has 0 bridgehead atoms. The van der Waals surface area contributed by atoms with E-state index >= 15 is 0 Å². The molecule has 0 spiro atoms. The van der Waals surface area contributed by atoms with Crippen molar-refractivity contribution in [1.29, 1.82) is 0 Å². The molecule has 9 heteroatoms. The number of carbonyl (C=O) groups is 1. The average Bonchev–Trinajstić information content (AvgIpc) is 2.26. The number of pyridine rings is 1. The second kappa shape index (κ2) is 5.83. The lowest BCUT2D eigenvalue weighted by Crippen LogP contribution is -2.34. The van der Waals surface area contributed by atoms with Crippen LogP contribution in [0.4, 0.5) is 8.78 Å². The van der Waals surface area contributed by atoms with E-state index in [2.05, 4.69) is 15.0 Å². The van der Waals surface area contributed by atoms with Gasteiger partial charge in [-0.2, -0.15) is 4.39 Å². The highest BCUT2D eigenvalue weighted by atomic mass is 32.2.